The van der Waals surface area contributed by atoms with E-state index in [1.807, 2.05) is 18.2 Å². The number of ether oxygens (including phenoxy) is 2. The van der Waals surface area contributed by atoms with Gasteiger partial charge in [-0.3, -0.25) is 4.79 Å². The summed E-state index contributed by atoms with van der Waals surface area (Å²) in [7, 11) is -3.39. The Kier molecular flexibility index (Phi) is 4.78. The highest BCUT2D eigenvalue weighted by molar-refractivity contribution is 7.90. The van der Waals surface area contributed by atoms with Gasteiger partial charge in [-0.1, -0.05) is 12.1 Å². The van der Waals surface area contributed by atoms with Crippen molar-refractivity contribution in [3.8, 4) is 34.3 Å². The molecule has 0 saturated carbocycles. The molecule has 2 aromatic carbocycles. The normalized spacial score (nSPS) is 13.2. The van der Waals surface area contributed by atoms with Crippen LogP contribution in [0.25, 0.3) is 22.8 Å². The smallest absolute Gasteiger partial charge is 0.209 e. The summed E-state index contributed by atoms with van der Waals surface area (Å²) < 4.78 is 38.3. The summed E-state index contributed by atoms with van der Waals surface area (Å²) in [6, 6.07) is 14.9. The lowest BCUT2D eigenvalue weighted by atomic mass is 10.2. The van der Waals surface area contributed by atoms with E-state index in [9.17, 15) is 13.2 Å². The molecule has 9 nitrogen and oxygen atoms in total. The molecule has 0 fully saturated rings. The van der Waals surface area contributed by atoms with Crippen LogP contribution < -0.4 is 14.9 Å². The van der Waals surface area contributed by atoms with Gasteiger partial charge >= 0.3 is 0 Å². The molecule has 2 aromatic heterocycles. The van der Waals surface area contributed by atoms with Crippen molar-refractivity contribution in [2.45, 2.75) is 4.90 Å². The Bertz CT molecular complexity index is 1490. The summed E-state index contributed by atoms with van der Waals surface area (Å²) >= 11 is 0. The third kappa shape index (κ3) is 3.54. The Morgan fingerprint density at radius 3 is 2.66 bits per heavy atom. The predicted octanol–water partition coefficient (Wildman–Crippen LogP) is 2.26. The number of aromatic nitrogens is 4. The molecule has 0 bridgehead atoms. The van der Waals surface area contributed by atoms with Gasteiger partial charge in [-0.2, -0.15) is 10.2 Å². The maximum Gasteiger partial charge on any atom is 0.209 e. The highest BCUT2D eigenvalue weighted by Crippen LogP contribution is 2.37. The monoisotopic (exact) mass is 450 g/mol. The van der Waals surface area contributed by atoms with Gasteiger partial charge in [0.15, 0.2) is 27.0 Å². The van der Waals surface area contributed by atoms with E-state index in [2.05, 4.69) is 10.2 Å². The number of benzene rings is 2. The van der Waals surface area contributed by atoms with Crippen LogP contribution in [-0.4, -0.2) is 47.4 Å². The molecule has 0 N–H and O–H groups in total. The van der Waals surface area contributed by atoms with Gasteiger partial charge in [0.05, 0.1) is 22.5 Å². The van der Waals surface area contributed by atoms with E-state index in [0.29, 0.717) is 41.8 Å². The molecule has 32 heavy (non-hydrogen) atoms. The van der Waals surface area contributed by atoms with Gasteiger partial charge in [-0.15, -0.1) is 0 Å². The molecule has 1 aliphatic rings. The average molecular weight is 450 g/mol. The second kappa shape index (κ2) is 7.65. The Morgan fingerprint density at radius 2 is 1.81 bits per heavy atom. The summed E-state index contributed by atoms with van der Waals surface area (Å²) in [5.74, 6) is 1.15. The minimum atomic E-state index is -3.39. The van der Waals surface area contributed by atoms with E-state index in [0.717, 1.165) is 6.26 Å². The van der Waals surface area contributed by atoms with E-state index in [-0.39, 0.29) is 16.0 Å². The lowest BCUT2D eigenvalue weighted by molar-refractivity contribution is 0.171. The minimum Gasteiger partial charge on any atom is -0.486 e. The molecule has 4 aromatic rings. The number of para-hydroxylation sites is 1. The van der Waals surface area contributed by atoms with Crippen LogP contribution >= 0.6 is 0 Å². The number of hydrogen-bond donors (Lipinski definition) is 0. The van der Waals surface area contributed by atoms with Crippen molar-refractivity contribution in [1.82, 2.24) is 19.6 Å². The van der Waals surface area contributed by atoms with E-state index in [1.54, 1.807) is 29.1 Å². The van der Waals surface area contributed by atoms with Crippen molar-refractivity contribution in [3.63, 3.8) is 0 Å². The minimum absolute atomic E-state index is 0.157. The molecule has 3 heterocycles. The summed E-state index contributed by atoms with van der Waals surface area (Å²) in [5, 5.41) is 8.86. The van der Waals surface area contributed by atoms with Crippen LogP contribution in [0, 0.1) is 0 Å². The van der Waals surface area contributed by atoms with Crippen LogP contribution in [-0.2, 0) is 9.84 Å². The number of fused-ring (bicyclic) bond motifs is 1. The Hall–Kier alpha value is -3.92. The van der Waals surface area contributed by atoms with Gasteiger partial charge in [-0.05, 0) is 36.4 Å². The molecule has 0 aliphatic carbocycles. The molecule has 10 heteroatoms. The molecule has 162 valence electrons. The van der Waals surface area contributed by atoms with Crippen LogP contribution in [0.15, 0.2) is 76.7 Å². The standard InChI is InChI=1S/C22H18N4O5S/c1-32(28,29)16-5-2-4-15(14-16)25-11-9-19(27)21(24-25)17-8-10-23-26(17)18-6-3-7-20-22(18)31-13-12-30-20/h2-11,14H,12-13H2,1H3. The third-order valence-corrected chi connectivity index (χ3v) is 6.09. The highest BCUT2D eigenvalue weighted by Gasteiger charge is 2.21. The van der Waals surface area contributed by atoms with Crippen LogP contribution in [0.4, 0.5) is 0 Å². The molecule has 0 amide bonds. The van der Waals surface area contributed by atoms with Gasteiger partial charge < -0.3 is 9.47 Å². The summed E-state index contributed by atoms with van der Waals surface area (Å²) in [6.07, 6.45) is 4.21. The summed E-state index contributed by atoms with van der Waals surface area (Å²) in [6.45, 7) is 0.869. The Labute approximate surface area is 183 Å². The van der Waals surface area contributed by atoms with Crippen molar-refractivity contribution < 1.29 is 17.9 Å². The van der Waals surface area contributed by atoms with Crippen molar-refractivity contribution >= 4 is 9.84 Å². The fourth-order valence-electron chi connectivity index (χ4n) is 3.49. The zero-order chi connectivity index (χ0) is 22.3. The van der Waals surface area contributed by atoms with Crippen molar-refractivity contribution in [1.29, 1.82) is 0 Å². The van der Waals surface area contributed by atoms with E-state index in [4.69, 9.17) is 9.47 Å². The zero-order valence-electron chi connectivity index (χ0n) is 17.0. The second-order valence-corrected chi connectivity index (χ2v) is 9.19. The molecule has 0 radical (unpaired) electrons. The molecule has 0 atom stereocenters. The average Bonchev–Trinajstić information content (AvgIpc) is 3.28. The van der Waals surface area contributed by atoms with Gasteiger partial charge in [0.2, 0.25) is 5.43 Å². The van der Waals surface area contributed by atoms with Crippen LogP contribution in [0.3, 0.4) is 0 Å². The first-order valence-corrected chi connectivity index (χ1v) is 11.6. The number of hydrogen-bond acceptors (Lipinski definition) is 7. The molecular weight excluding hydrogens is 432 g/mol. The van der Waals surface area contributed by atoms with Crippen LogP contribution in [0.5, 0.6) is 11.5 Å². The van der Waals surface area contributed by atoms with Crippen molar-refractivity contribution in [2.24, 2.45) is 0 Å². The first-order chi connectivity index (χ1) is 15.4. The second-order valence-electron chi connectivity index (χ2n) is 7.17. The van der Waals surface area contributed by atoms with Crippen LogP contribution in [0.2, 0.25) is 0 Å². The third-order valence-electron chi connectivity index (χ3n) is 4.98. The van der Waals surface area contributed by atoms with Crippen LogP contribution in [0.1, 0.15) is 0 Å². The Balaban J connectivity index is 1.64. The van der Waals surface area contributed by atoms with Gasteiger partial charge in [0, 0.05) is 18.5 Å². The number of rotatable bonds is 4. The molecule has 0 spiro atoms. The summed E-state index contributed by atoms with van der Waals surface area (Å²) in [4.78, 5) is 12.9. The van der Waals surface area contributed by atoms with E-state index < -0.39 is 9.84 Å². The lowest BCUT2D eigenvalue weighted by Crippen LogP contribution is -2.18. The molecular formula is C22H18N4O5S. The predicted molar refractivity (Wildman–Crippen MR) is 116 cm³/mol. The maximum absolute atomic E-state index is 12.7. The quantitative estimate of drug-likeness (QED) is 0.470. The number of sulfone groups is 1. The molecule has 1 aliphatic heterocycles. The molecule has 5 rings (SSSR count). The van der Waals surface area contributed by atoms with Gasteiger partial charge in [-0.25, -0.2) is 17.8 Å². The topological polar surface area (TPSA) is 105 Å². The van der Waals surface area contributed by atoms with E-state index in [1.165, 1.54) is 29.1 Å². The molecule has 0 unspecified atom stereocenters. The fourth-order valence-corrected chi connectivity index (χ4v) is 4.15. The van der Waals surface area contributed by atoms with E-state index >= 15 is 0 Å². The number of nitrogens with zero attached hydrogens (tertiary/aromatic N) is 4. The van der Waals surface area contributed by atoms with Gasteiger partial charge in [0.1, 0.15) is 18.9 Å². The maximum atomic E-state index is 12.7. The first-order valence-electron chi connectivity index (χ1n) is 9.76. The SMILES string of the molecule is CS(=O)(=O)c1cccc(-n2ccc(=O)c(-c3ccnn3-c3cccc4c3OCCO4)n2)c1. The first kappa shape index (κ1) is 20.0. The Morgan fingerprint density at radius 1 is 1.00 bits per heavy atom. The zero-order valence-corrected chi connectivity index (χ0v) is 17.8. The fraction of sp³-hybridized carbons (Fsp3) is 0.136. The van der Waals surface area contributed by atoms with Gasteiger partial charge in [0.25, 0.3) is 0 Å². The largest absolute Gasteiger partial charge is 0.486 e. The lowest BCUT2D eigenvalue weighted by Gasteiger charge is -2.21. The highest BCUT2D eigenvalue weighted by atomic mass is 32.2. The van der Waals surface area contributed by atoms with Crippen molar-refractivity contribution in [2.75, 3.05) is 19.5 Å². The van der Waals surface area contributed by atoms with Crippen molar-refractivity contribution in [3.05, 3.63) is 77.2 Å². The summed E-state index contributed by atoms with van der Waals surface area (Å²) in [5.41, 5.74) is 1.45. The molecule has 0 saturated heterocycles.